The van der Waals surface area contributed by atoms with Gasteiger partial charge in [-0.05, 0) is 38.1 Å². The molecule has 2 N–H and O–H groups in total. The zero-order chi connectivity index (χ0) is 14.4. The summed E-state index contributed by atoms with van der Waals surface area (Å²) in [5, 5.41) is 10.2. The summed E-state index contributed by atoms with van der Waals surface area (Å²) in [6, 6.07) is 7.38. The third kappa shape index (κ3) is 3.34. The second-order valence-electron chi connectivity index (χ2n) is 4.28. The maximum absolute atomic E-state index is 11.6. The van der Waals surface area contributed by atoms with Crippen molar-refractivity contribution in [3.8, 4) is 0 Å². The van der Waals surface area contributed by atoms with Gasteiger partial charge in [0.1, 0.15) is 12.2 Å². The van der Waals surface area contributed by atoms with Gasteiger partial charge in [0.25, 0.3) is 5.91 Å². The first-order valence-electron chi connectivity index (χ1n) is 6.73. The molecular weight excluding hydrogens is 254 g/mol. The molecule has 0 spiro atoms. The average Bonchev–Trinajstić information content (AvgIpc) is 2.93. The van der Waals surface area contributed by atoms with Crippen LogP contribution in [0.3, 0.4) is 0 Å². The predicted octanol–water partition coefficient (Wildman–Crippen LogP) is 1.66. The summed E-state index contributed by atoms with van der Waals surface area (Å²) >= 11 is 0. The Hall–Kier alpha value is -2.37. The highest BCUT2D eigenvalue weighted by molar-refractivity contribution is 5.94. The third-order valence-electron chi connectivity index (χ3n) is 2.93. The molecule has 0 saturated heterocycles. The maximum Gasteiger partial charge on any atom is 0.251 e. The van der Waals surface area contributed by atoms with Gasteiger partial charge < -0.3 is 10.6 Å². The molecule has 2 aromatic rings. The number of nitrogens with one attached hydrogen (secondary N) is 2. The number of benzene rings is 1. The van der Waals surface area contributed by atoms with Gasteiger partial charge in [-0.1, -0.05) is 0 Å². The molecule has 1 amide bonds. The molecule has 106 valence electrons. The van der Waals surface area contributed by atoms with Crippen molar-refractivity contribution in [1.29, 1.82) is 0 Å². The zero-order valence-electron chi connectivity index (χ0n) is 11.8. The van der Waals surface area contributed by atoms with E-state index in [-0.39, 0.29) is 5.91 Å². The minimum absolute atomic E-state index is 0.0511. The van der Waals surface area contributed by atoms with Gasteiger partial charge in [0.05, 0.1) is 6.54 Å². The number of anilines is 1. The largest absolute Gasteiger partial charge is 0.378 e. The van der Waals surface area contributed by atoms with Gasteiger partial charge in [-0.15, -0.1) is 0 Å². The minimum atomic E-state index is -0.0511. The molecule has 6 nitrogen and oxygen atoms in total. The molecule has 2 rings (SSSR count). The Bertz CT molecular complexity index is 561. The molecule has 0 fully saturated rings. The second-order valence-corrected chi connectivity index (χ2v) is 4.28. The fourth-order valence-electron chi connectivity index (χ4n) is 1.87. The van der Waals surface area contributed by atoms with Crippen LogP contribution in [0.15, 0.2) is 30.6 Å². The summed E-state index contributed by atoms with van der Waals surface area (Å²) in [6.45, 7) is 5.96. The first kappa shape index (κ1) is 14.0. The number of aromatic nitrogens is 3. The van der Waals surface area contributed by atoms with Gasteiger partial charge in [-0.2, -0.15) is 5.10 Å². The van der Waals surface area contributed by atoms with E-state index in [0.29, 0.717) is 18.7 Å². The number of aryl methyl sites for hydroxylation is 1. The number of nitrogens with zero attached hydrogens (tertiary/aromatic N) is 3. The van der Waals surface area contributed by atoms with Crippen molar-refractivity contribution in [3.63, 3.8) is 0 Å². The molecular formula is C14H19N5O. The molecule has 1 heterocycles. The molecule has 0 saturated carbocycles. The van der Waals surface area contributed by atoms with Crippen LogP contribution in [-0.4, -0.2) is 27.2 Å². The van der Waals surface area contributed by atoms with E-state index in [0.717, 1.165) is 18.1 Å². The quantitative estimate of drug-likeness (QED) is 0.839. The Morgan fingerprint density at radius 3 is 2.65 bits per heavy atom. The summed E-state index contributed by atoms with van der Waals surface area (Å²) in [4.78, 5) is 15.8. The van der Waals surface area contributed by atoms with Gasteiger partial charge >= 0.3 is 0 Å². The number of hydrogen-bond donors (Lipinski definition) is 2. The third-order valence-corrected chi connectivity index (χ3v) is 2.93. The molecule has 0 atom stereocenters. The number of carbonyl (C=O) groups excluding carboxylic acids is 1. The average molecular weight is 273 g/mol. The summed E-state index contributed by atoms with van der Waals surface area (Å²) in [7, 11) is 0. The SMILES string of the molecule is CCNC(=O)c1ccc(NCc2ncnn2CC)cc1. The van der Waals surface area contributed by atoms with Crippen LogP contribution in [-0.2, 0) is 13.1 Å². The molecule has 0 aliphatic heterocycles. The lowest BCUT2D eigenvalue weighted by Gasteiger charge is -2.08. The van der Waals surface area contributed by atoms with E-state index in [4.69, 9.17) is 0 Å². The minimum Gasteiger partial charge on any atom is -0.378 e. The fraction of sp³-hybridized carbons (Fsp3) is 0.357. The summed E-state index contributed by atoms with van der Waals surface area (Å²) in [5.74, 6) is 0.838. The number of amides is 1. The lowest BCUT2D eigenvalue weighted by molar-refractivity contribution is 0.0956. The maximum atomic E-state index is 11.6. The van der Waals surface area contributed by atoms with Gasteiger partial charge in [0.15, 0.2) is 0 Å². The van der Waals surface area contributed by atoms with Crippen molar-refractivity contribution < 1.29 is 4.79 Å². The van der Waals surface area contributed by atoms with Gasteiger partial charge in [-0.25, -0.2) is 9.67 Å². The van der Waals surface area contributed by atoms with Crippen molar-refractivity contribution in [1.82, 2.24) is 20.1 Å². The molecule has 1 aromatic heterocycles. The molecule has 0 radical (unpaired) electrons. The topological polar surface area (TPSA) is 71.8 Å². The van der Waals surface area contributed by atoms with Crippen molar-refractivity contribution in [2.75, 3.05) is 11.9 Å². The highest BCUT2D eigenvalue weighted by Crippen LogP contribution is 2.10. The van der Waals surface area contributed by atoms with Crippen LogP contribution in [0, 0.1) is 0 Å². The van der Waals surface area contributed by atoms with E-state index in [9.17, 15) is 4.79 Å². The van der Waals surface area contributed by atoms with Crippen molar-refractivity contribution in [2.24, 2.45) is 0 Å². The van der Waals surface area contributed by atoms with Crippen molar-refractivity contribution in [3.05, 3.63) is 42.0 Å². The molecule has 0 aliphatic carbocycles. The Morgan fingerprint density at radius 2 is 2.00 bits per heavy atom. The summed E-state index contributed by atoms with van der Waals surface area (Å²) in [6.07, 6.45) is 1.55. The Labute approximate surface area is 118 Å². The molecule has 1 aromatic carbocycles. The molecule has 0 bridgehead atoms. The fourth-order valence-corrected chi connectivity index (χ4v) is 1.87. The second kappa shape index (κ2) is 6.70. The van der Waals surface area contributed by atoms with E-state index in [2.05, 4.69) is 20.7 Å². The van der Waals surface area contributed by atoms with Crippen molar-refractivity contribution >= 4 is 11.6 Å². The Kier molecular flexibility index (Phi) is 4.70. The Balaban J connectivity index is 1.95. The lowest BCUT2D eigenvalue weighted by Crippen LogP contribution is -2.22. The molecule has 20 heavy (non-hydrogen) atoms. The van der Waals surface area contributed by atoms with Crippen LogP contribution in [0.1, 0.15) is 30.0 Å². The van der Waals surface area contributed by atoms with E-state index < -0.39 is 0 Å². The highest BCUT2D eigenvalue weighted by atomic mass is 16.1. The van der Waals surface area contributed by atoms with Crippen LogP contribution >= 0.6 is 0 Å². The Morgan fingerprint density at radius 1 is 1.25 bits per heavy atom. The zero-order valence-corrected chi connectivity index (χ0v) is 11.8. The molecule has 0 unspecified atom stereocenters. The van der Waals surface area contributed by atoms with E-state index in [1.54, 1.807) is 18.5 Å². The van der Waals surface area contributed by atoms with Crippen LogP contribution in [0.5, 0.6) is 0 Å². The normalized spacial score (nSPS) is 10.3. The first-order valence-corrected chi connectivity index (χ1v) is 6.73. The monoisotopic (exact) mass is 273 g/mol. The molecule has 0 aliphatic rings. The van der Waals surface area contributed by atoms with Crippen molar-refractivity contribution in [2.45, 2.75) is 26.9 Å². The van der Waals surface area contributed by atoms with Gasteiger partial charge in [-0.3, -0.25) is 4.79 Å². The smallest absolute Gasteiger partial charge is 0.251 e. The molecule has 6 heteroatoms. The summed E-state index contributed by atoms with van der Waals surface area (Å²) < 4.78 is 1.84. The van der Waals surface area contributed by atoms with E-state index in [1.807, 2.05) is 30.7 Å². The number of carbonyl (C=O) groups is 1. The first-order chi connectivity index (χ1) is 9.74. The predicted molar refractivity (Wildman–Crippen MR) is 77.5 cm³/mol. The number of hydrogen-bond acceptors (Lipinski definition) is 4. The number of rotatable bonds is 6. The van der Waals surface area contributed by atoms with Gasteiger partial charge in [0, 0.05) is 24.3 Å². The van der Waals surface area contributed by atoms with Crippen LogP contribution in [0.4, 0.5) is 5.69 Å². The lowest BCUT2D eigenvalue weighted by atomic mass is 10.2. The van der Waals surface area contributed by atoms with Gasteiger partial charge in [0.2, 0.25) is 0 Å². The van der Waals surface area contributed by atoms with E-state index in [1.165, 1.54) is 0 Å². The van der Waals surface area contributed by atoms with E-state index >= 15 is 0 Å². The standard InChI is InChI=1S/C14H19N5O/c1-3-15-14(20)11-5-7-12(8-6-11)16-9-13-17-10-18-19(13)4-2/h5-8,10,16H,3-4,9H2,1-2H3,(H,15,20). The summed E-state index contributed by atoms with van der Waals surface area (Å²) in [5.41, 5.74) is 1.61. The van der Waals surface area contributed by atoms with Crippen LogP contribution in [0.2, 0.25) is 0 Å². The highest BCUT2D eigenvalue weighted by Gasteiger charge is 2.05. The van der Waals surface area contributed by atoms with Crippen LogP contribution < -0.4 is 10.6 Å². The van der Waals surface area contributed by atoms with Crippen LogP contribution in [0.25, 0.3) is 0 Å².